The highest BCUT2D eigenvalue weighted by atomic mass is 127. The third-order valence-electron chi connectivity index (χ3n) is 2.66. The van der Waals surface area contributed by atoms with Crippen LogP contribution in [0.15, 0.2) is 48.8 Å². The van der Waals surface area contributed by atoms with Gasteiger partial charge in [0.15, 0.2) is 6.10 Å². The van der Waals surface area contributed by atoms with E-state index in [1.165, 1.54) is 13.1 Å². The molecule has 0 bridgehead atoms. The van der Waals surface area contributed by atoms with Crippen LogP contribution in [0.2, 0.25) is 0 Å². The smallest absolute Gasteiger partial charge is 0.340 e. The monoisotopic (exact) mass is 396 g/mol. The standard InChI is InChI=1S/C15H13IN2O3/c1-10(21-15(20)11-3-2-8-17-9-11)14(19)18-13-6-4-12(16)5-7-13/h2-10H,1H3,(H,18,19). The number of anilines is 1. The zero-order valence-electron chi connectivity index (χ0n) is 11.2. The summed E-state index contributed by atoms with van der Waals surface area (Å²) in [4.78, 5) is 27.6. The average Bonchev–Trinajstić information content (AvgIpc) is 2.50. The quantitative estimate of drug-likeness (QED) is 0.638. The highest BCUT2D eigenvalue weighted by molar-refractivity contribution is 14.1. The molecule has 0 saturated carbocycles. The van der Waals surface area contributed by atoms with Crippen molar-refractivity contribution in [2.75, 3.05) is 5.32 Å². The first-order chi connectivity index (χ1) is 10.1. The van der Waals surface area contributed by atoms with Crippen LogP contribution in [0.5, 0.6) is 0 Å². The number of ether oxygens (including phenoxy) is 1. The Bertz CT molecular complexity index is 629. The number of esters is 1. The van der Waals surface area contributed by atoms with Gasteiger partial charge in [0.2, 0.25) is 0 Å². The number of nitrogens with one attached hydrogen (secondary N) is 1. The molecular weight excluding hydrogens is 383 g/mol. The van der Waals surface area contributed by atoms with Crippen LogP contribution in [0, 0.1) is 3.57 Å². The largest absolute Gasteiger partial charge is 0.449 e. The normalized spacial score (nSPS) is 11.5. The Hall–Kier alpha value is -1.96. The SMILES string of the molecule is CC(OC(=O)c1cccnc1)C(=O)Nc1ccc(I)cc1. The van der Waals surface area contributed by atoms with Gasteiger partial charge in [-0.1, -0.05) is 0 Å². The molecular formula is C15H13IN2O3. The number of aromatic nitrogens is 1. The first-order valence-corrected chi connectivity index (χ1v) is 7.31. The molecule has 1 aromatic heterocycles. The minimum atomic E-state index is -0.892. The van der Waals surface area contributed by atoms with Crippen LogP contribution in [0.25, 0.3) is 0 Å². The van der Waals surface area contributed by atoms with Gasteiger partial charge in [0, 0.05) is 21.7 Å². The number of carbonyl (C=O) groups excluding carboxylic acids is 2. The summed E-state index contributed by atoms with van der Waals surface area (Å²) in [5.41, 5.74) is 0.969. The molecule has 108 valence electrons. The van der Waals surface area contributed by atoms with Crippen molar-refractivity contribution in [1.29, 1.82) is 0 Å². The predicted octanol–water partition coefficient (Wildman–Crippen LogP) is 2.87. The van der Waals surface area contributed by atoms with Crippen LogP contribution >= 0.6 is 22.6 Å². The van der Waals surface area contributed by atoms with E-state index in [0.717, 1.165) is 3.57 Å². The number of nitrogens with zero attached hydrogens (tertiary/aromatic N) is 1. The summed E-state index contributed by atoms with van der Waals surface area (Å²) in [6.07, 6.45) is 2.06. The summed E-state index contributed by atoms with van der Waals surface area (Å²) < 4.78 is 6.17. The maximum atomic E-state index is 12.0. The van der Waals surface area contributed by atoms with Crippen molar-refractivity contribution < 1.29 is 14.3 Å². The van der Waals surface area contributed by atoms with E-state index in [9.17, 15) is 9.59 Å². The summed E-state index contributed by atoms with van der Waals surface area (Å²) >= 11 is 2.18. The molecule has 0 spiro atoms. The van der Waals surface area contributed by atoms with E-state index in [-0.39, 0.29) is 5.91 Å². The van der Waals surface area contributed by atoms with Gasteiger partial charge in [-0.3, -0.25) is 9.78 Å². The number of pyridine rings is 1. The van der Waals surface area contributed by atoms with Crippen molar-refractivity contribution >= 4 is 40.2 Å². The Labute approximate surface area is 135 Å². The van der Waals surface area contributed by atoms with E-state index in [1.54, 1.807) is 30.5 Å². The molecule has 1 heterocycles. The average molecular weight is 396 g/mol. The van der Waals surface area contributed by atoms with Gasteiger partial charge in [-0.2, -0.15) is 0 Å². The Balaban J connectivity index is 1.93. The molecule has 0 aliphatic carbocycles. The number of benzene rings is 1. The third-order valence-corrected chi connectivity index (χ3v) is 3.38. The fourth-order valence-corrected chi connectivity index (χ4v) is 1.90. The Morgan fingerprint density at radius 2 is 1.95 bits per heavy atom. The number of carbonyl (C=O) groups is 2. The highest BCUT2D eigenvalue weighted by Gasteiger charge is 2.19. The van der Waals surface area contributed by atoms with Crippen molar-refractivity contribution in [3.63, 3.8) is 0 Å². The van der Waals surface area contributed by atoms with E-state index in [0.29, 0.717) is 11.3 Å². The lowest BCUT2D eigenvalue weighted by atomic mass is 10.3. The van der Waals surface area contributed by atoms with Crippen LogP contribution in [-0.4, -0.2) is 23.0 Å². The highest BCUT2D eigenvalue weighted by Crippen LogP contribution is 2.12. The van der Waals surface area contributed by atoms with Crippen molar-refractivity contribution in [3.05, 3.63) is 57.9 Å². The molecule has 0 aliphatic rings. The van der Waals surface area contributed by atoms with Gasteiger partial charge in [0.25, 0.3) is 5.91 Å². The van der Waals surface area contributed by atoms with Crippen LogP contribution < -0.4 is 5.32 Å². The Morgan fingerprint density at radius 3 is 2.57 bits per heavy atom. The molecule has 21 heavy (non-hydrogen) atoms. The Kier molecular flexibility index (Phi) is 5.26. The topological polar surface area (TPSA) is 68.3 Å². The summed E-state index contributed by atoms with van der Waals surface area (Å²) in [6, 6.07) is 10.5. The number of hydrogen-bond acceptors (Lipinski definition) is 4. The van der Waals surface area contributed by atoms with Crippen LogP contribution in [0.1, 0.15) is 17.3 Å². The number of halogens is 1. The summed E-state index contributed by atoms with van der Waals surface area (Å²) in [7, 11) is 0. The van der Waals surface area contributed by atoms with Crippen molar-refractivity contribution in [3.8, 4) is 0 Å². The molecule has 1 amide bonds. The second-order valence-corrected chi connectivity index (χ2v) is 5.53. The zero-order valence-corrected chi connectivity index (χ0v) is 13.4. The van der Waals surface area contributed by atoms with E-state index in [2.05, 4.69) is 32.9 Å². The molecule has 0 saturated heterocycles. The van der Waals surface area contributed by atoms with Gasteiger partial charge in [-0.15, -0.1) is 0 Å². The van der Waals surface area contributed by atoms with Crippen molar-refractivity contribution in [2.24, 2.45) is 0 Å². The number of amides is 1. The molecule has 1 unspecified atom stereocenters. The van der Waals surface area contributed by atoms with Gasteiger partial charge in [-0.05, 0) is 65.9 Å². The van der Waals surface area contributed by atoms with E-state index >= 15 is 0 Å². The van der Waals surface area contributed by atoms with Crippen LogP contribution in [-0.2, 0) is 9.53 Å². The lowest BCUT2D eigenvalue weighted by Gasteiger charge is -2.13. The zero-order chi connectivity index (χ0) is 15.2. The van der Waals surface area contributed by atoms with E-state index < -0.39 is 12.1 Å². The number of hydrogen-bond donors (Lipinski definition) is 1. The van der Waals surface area contributed by atoms with Crippen LogP contribution in [0.3, 0.4) is 0 Å². The van der Waals surface area contributed by atoms with Gasteiger partial charge in [-0.25, -0.2) is 4.79 Å². The molecule has 1 aromatic carbocycles. The summed E-state index contributed by atoms with van der Waals surface area (Å²) in [5.74, 6) is -0.957. The molecule has 6 heteroatoms. The predicted molar refractivity (Wildman–Crippen MR) is 86.9 cm³/mol. The van der Waals surface area contributed by atoms with Gasteiger partial charge in [0.1, 0.15) is 0 Å². The summed E-state index contributed by atoms with van der Waals surface area (Å²) in [6.45, 7) is 1.52. The molecule has 2 rings (SSSR count). The van der Waals surface area contributed by atoms with Crippen LogP contribution in [0.4, 0.5) is 5.69 Å². The second-order valence-electron chi connectivity index (χ2n) is 4.29. The fraction of sp³-hybridized carbons (Fsp3) is 0.133. The van der Waals surface area contributed by atoms with Gasteiger partial charge >= 0.3 is 5.97 Å². The molecule has 2 aromatic rings. The lowest BCUT2D eigenvalue weighted by Crippen LogP contribution is -2.30. The maximum absolute atomic E-state index is 12.0. The lowest BCUT2D eigenvalue weighted by molar-refractivity contribution is -0.123. The molecule has 1 atom stereocenters. The molecule has 1 N–H and O–H groups in total. The summed E-state index contributed by atoms with van der Waals surface area (Å²) in [5, 5.41) is 2.69. The minimum absolute atomic E-state index is 0.311. The fourth-order valence-electron chi connectivity index (χ4n) is 1.54. The minimum Gasteiger partial charge on any atom is -0.449 e. The van der Waals surface area contributed by atoms with Crippen molar-refractivity contribution in [1.82, 2.24) is 4.98 Å². The van der Waals surface area contributed by atoms with E-state index in [4.69, 9.17) is 4.74 Å². The van der Waals surface area contributed by atoms with Crippen molar-refractivity contribution in [2.45, 2.75) is 13.0 Å². The Morgan fingerprint density at radius 1 is 1.24 bits per heavy atom. The molecule has 0 aliphatic heterocycles. The van der Waals surface area contributed by atoms with Gasteiger partial charge in [0.05, 0.1) is 5.56 Å². The first-order valence-electron chi connectivity index (χ1n) is 6.23. The third kappa shape index (κ3) is 4.52. The molecule has 0 fully saturated rings. The van der Waals surface area contributed by atoms with E-state index in [1.807, 2.05) is 12.1 Å². The second kappa shape index (κ2) is 7.16. The molecule has 0 radical (unpaired) electrons. The molecule has 5 nitrogen and oxygen atoms in total. The van der Waals surface area contributed by atoms with Gasteiger partial charge < -0.3 is 10.1 Å². The first kappa shape index (κ1) is 15.4. The number of rotatable bonds is 4. The maximum Gasteiger partial charge on any atom is 0.340 e.